The van der Waals surface area contributed by atoms with Crippen LogP contribution in [0.3, 0.4) is 0 Å². The molecule has 0 aromatic carbocycles. The molecule has 0 radical (unpaired) electrons. The molecule has 1 atom stereocenters. The van der Waals surface area contributed by atoms with E-state index in [-0.39, 0.29) is 15.5 Å². The van der Waals surface area contributed by atoms with Crippen molar-refractivity contribution in [3.8, 4) is 0 Å². The van der Waals surface area contributed by atoms with E-state index in [4.69, 9.17) is 8.76 Å². The van der Waals surface area contributed by atoms with E-state index in [0.29, 0.717) is 0 Å². The maximum absolute atomic E-state index is 9.06. The van der Waals surface area contributed by atoms with Crippen molar-refractivity contribution in [2.45, 2.75) is 0 Å². The first kappa shape index (κ1) is 8.99. The van der Waals surface area contributed by atoms with E-state index >= 15 is 0 Å². The quantitative estimate of drug-likeness (QED) is 0.300. The Bertz CT molecular complexity index is 32.6. The van der Waals surface area contributed by atoms with Gasteiger partial charge in [-0.15, -0.1) is 0 Å². The summed E-state index contributed by atoms with van der Waals surface area (Å²) in [6.07, 6.45) is 0. The topological polar surface area (TPSA) is 75.1 Å². The van der Waals surface area contributed by atoms with Gasteiger partial charge in [0.2, 0.25) is 0 Å². The fourth-order valence-corrected chi connectivity index (χ4v) is 0. The molecule has 3 nitrogen and oxygen atoms in total. The van der Waals surface area contributed by atoms with Crippen molar-refractivity contribution in [1.29, 1.82) is 0 Å². The Morgan fingerprint density at radius 2 is 1.80 bits per heavy atom. The van der Waals surface area contributed by atoms with E-state index in [1.807, 2.05) is 0 Å². The van der Waals surface area contributed by atoms with Crippen LogP contribution in [0, 0.1) is 0 Å². The molecular weight excluding hydrogens is 106 g/mol. The van der Waals surface area contributed by atoms with Crippen LogP contribution in [-0.4, -0.2) is 18.2 Å². The van der Waals surface area contributed by atoms with Crippen molar-refractivity contribution in [3.63, 3.8) is 0 Å². The predicted octanol–water partition coefficient (Wildman–Crippen LogP) is -1.69. The van der Waals surface area contributed by atoms with Gasteiger partial charge < -0.3 is 10.7 Å². The molecule has 0 aliphatic heterocycles. The molecule has 5 heteroatoms. The Morgan fingerprint density at radius 3 is 1.80 bits per heavy atom. The highest BCUT2D eigenvalue weighted by atomic mass is 32.4. The van der Waals surface area contributed by atoms with E-state index in [9.17, 15) is 0 Å². The molecule has 0 spiro atoms. The molecule has 0 saturated heterocycles. The fourth-order valence-electron chi connectivity index (χ4n) is 0. The van der Waals surface area contributed by atoms with Gasteiger partial charge >= 0.3 is 0 Å². The Kier molecular flexibility index (Phi) is 7.71. The maximum Gasteiger partial charge on any atom is 0.0928 e. The summed E-state index contributed by atoms with van der Waals surface area (Å²) in [6.45, 7) is 0. The zero-order chi connectivity index (χ0) is 3.58. The Labute approximate surface area is 35.7 Å². The number of rotatable bonds is 0. The lowest BCUT2D eigenvalue weighted by Gasteiger charge is -1.85. The summed E-state index contributed by atoms with van der Waals surface area (Å²) in [5, 5.41) is 0. The summed E-state index contributed by atoms with van der Waals surface area (Å²) in [5.74, 6) is 0. The van der Waals surface area contributed by atoms with Crippen molar-refractivity contribution in [2.24, 2.45) is 0 Å². The summed E-state index contributed by atoms with van der Waals surface area (Å²) in [7, 11) is -1.46. The smallest absolute Gasteiger partial charge is 0.0928 e. The molecule has 34 valence electrons. The van der Waals surface area contributed by atoms with Crippen LogP contribution in [0.2, 0.25) is 0 Å². The van der Waals surface area contributed by atoms with Crippen LogP contribution < -0.4 is 6.15 Å². The first-order chi connectivity index (χ1) is 1.73. The minimum atomic E-state index is -1.72. The average Bonchev–Trinajstić information content (AvgIpc) is 0.811. The zero-order valence-corrected chi connectivity index (χ0v) is 5.75. The molecule has 0 bridgehead atoms. The van der Waals surface area contributed by atoms with E-state index in [2.05, 4.69) is 0 Å². The molecule has 3 N–H and O–H groups in total. The van der Waals surface area contributed by atoms with Crippen LogP contribution in [0.25, 0.3) is 0 Å². The second-order valence-corrected chi connectivity index (χ2v) is 3.20. The van der Waals surface area contributed by atoms with Crippen LogP contribution >= 0.6 is 0 Å². The van der Waals surface area contributed by atoms with E-state index in [0.717, 1.165) is 0 Å². The van der Waals surface area contributed by atoms with Gasteiger partial charge in [-0.2, -0.15) is 0 Å². The van der Waals surface area contributed by atoms with Gasteiger partial charge in [0.05, 0.1) is 9.39 Å². The molecule has 0 rings (SSSR count). The second kappa shape index (κ2) is 4.29. The highest BCUT2D eigenvalue weighted by Gasteiger charge is 1.42. The van der Waals surface area contributed by atoms with Crippen molar-refractivity contribution in [3.05, 3.63) is 0 Å². The van der Waals surface area contributed by atoms with Gasteiger partial charge in [0.15, 0.2) is 0 Å². The standard InChI is InChI=1S/H3N.H4O2SSi/c;1-3(2)4/h1H3;4H3,(H,1,2)/p-1. The van der Waals surface area contributed by atoms with Crippen molar-refractivity contribution >= 4 is 19.9 Å². The summed E-state index contributed by atoms with van der Waals surface area (Å²) in [6, 6.07) is 0. The van der Waals surface area contributed by atoms with Gasteiger partial charge in [-0.3, -0.25) is 4.21 Å². The third kappa shape index (κ3) is 272. The molecule has 0 saturated carbocycles. The fraction of sp³-hybridized carbons (Fsp3) is 0. The van der Waals surface area contributed by atoms with E-state index < -0.39 is 10.5 Å². The van der Waals surface area contributed by atoms with Gasteiger partial charge in [0, 0.05) is 0 Å². The molecule has 0 amide bonds. The molecule has 0 aromatic rings. The first-order valence-corrected chi connectivity index (χ1v) is 4.67. The van der Waals surface area contributed by atoms with Gasteiger partial charge in [-0.25, -0.2) is 0 Å². The lowest BCUT2D eigenvalue weighted by atomic mass is 14.0. The Hall–Kier alpha value is 0.287. The second-order valence-electron chi connectivity index (χ2n) is 0.401. The molecule has 0 fully saturated rings. The maximum atomic E-state index is 9.06. The van der Waals surface area contributed by atoms with Gasteiger partial charge in [-0.1, -0.05) is 10.5 Å². The zero-order valence-electron chi connectivity index (χ0n) is 2.93. The van der Waals surface area contributed by atoms with Crippen LogP contribution in [0.4, 0.5) is 0 Å². The first-order valence-electron chi connectivity index (χ1n) is 0.742. The minimum Gasteiger partial charge on any atom is -0.778 e. The van der Waals surface area contributed by atoms with Gasteiger partial charge in [-0.05, 0) is 0 Å². The largest absolute Gasteiger partial charge is 0.778 e. The Balaban J connectivity index is 0. The van der Waals surface area contributed by atoms with Crippen molar-refractivity contribution in [2.75, 3.05) is 0 Å². The highest BCUT2D eigenvalue weighted by Crippen LogP contribution is 1.41. The lowest BCUT2D eigenvalue weighted by Crippen LogP contribution is -1.77. The summed E-state index contributed by atoms with van der Waals surface area (Å²) < 4.78 is 18.1. The number of hydrogen-bond acceptors (Lipinski definition) is 3. The summed E-state index contributed by atoms with van der Waals surface area (Å²) in [4.78, 5) is 0. The third-order valence-electron chi connectivity index (χ3n) is 0. The van der Waals surface area contributed by atoms with Crippen LogP contribution in [0.5, 0.6) is 0 Å². The minimum absolute atomic E-state index is 0. The molecular formula is H6NO2SSi-. The normalized spacial score (nSPS) is 13.0. The molecule has 1 unspecified atom stereocenters. The van der Waals surface area contributed by atoms with Crippen molar-refractivity contribution < 1.29 is 8.76 Å². The van der Waals surface area contributed by atoms with E-state index in [1.54, 1.807) is 0 Å². The molecule has 5 heavy (non-hydrogen) atoms. The van der Waals surface area contributed by atoms with Gasteiger partial charge in [0.25, 0.3) is 0 Å². The van der Waals surface area contributed by atoms with Gasteiger partial charge in [0.1, 0.15) is 0 Å². The van der Waals surface area contributed by atoms with Crippen LogP contribution in [0.15, 0.2) is 0 Å². The SMILES string of the molecule is N.O=S([O-])[SiH3]. The monoisotopic (exact) mass is 112 g/mol. The summed E-state index contributed by atoms with van der Waals surface area (Å²) >= 11 is 0. The molecule has 0 aliphatic carbocycles. The van der Waals surface area contributed by atoms with E-state index in [1.165, 1.54) is 0 Å². The highest BCUT2D eigenvalue weighted by molar-refractivity contribution is 8.01. The molecule has 0 aliphatic rings. The molecule has 0 aromatic heterocycles. The average molecular weight is 112 g/mol. The van der Waals surface area contributed by atoms with Crippen LogP contribution in [-0.2, 0) is 10.5 Å². The lowest BCUT2D eigenvalue weighted by molar-refractivity contribution is 0.552. The molecule has 0 heterocycles. The summed E-state index contributed by atoms with van der Waals surface area (Å²) in [5.41, 5.74) is 0. The third-order valence-corrected chi connectivity index (χ3v) is 0. The van der Waals surface area contributed by atoms with Crippen molar-refractivity contribution in [1.82, 2.24) is 6.15 Å². The Morgan fingerprint density at radius 1 is 1.80 bits per heavy atom. The van der Waals surface area contributed by atoms with Crippen LogP contribution in [0.1, 0.15) is 0 Å². The predicted molar refractivity (Wildman–Crippen MR) is 23.9 cm³/mol. The number of hydrogen-bond donors (Lipinski definition) is 1.